The highest BCUT2D eigenvalue weighted by Crippen LogP contribution is 2.62. The summed E-state index contributed by atoms with van der Waals surface area (Å²) in [5.41, 5.74) is 0. The average Bonchev–Trinajstić information content (AvgIpc) is 1.67. The van der Waals surface area contributed by atoms with Crippen LogP contribution in [0.5, 0.6) is 0 Å². The van der Waals surface area contributed by atoms with E-state index in [9.17, 15) is 4.57 Å². The van der Waals surface area contributed by atoms with Gasteiger partial charge in [0, 0.05) is 0 Å². The fourth-order valence-corrected chi connectivity index (χ4v) is 1.63. The van der Waals surface area contributed by atoms with E-state index in [2.05, 4.69) is 12.2 Å². The first-order chi connectivity index (χ1) is 3.62. The Hall–Kier alpha value is 0.890. The SMILES string of the molecule is CCOP(=O)(S)SC. The molecule has 50 valence electrons. The van der Waals surface area contributed by atoms with Gasteiger partial charge in [-0.3, -0.25) is 4.57 Å². The van der Waals surface area contributed by atoms with Gasteiger partial charge in [-0.05, 0) is 13.2 Å². The Morgan fingerprint density at radius 2 is 2.38 bits per heavy atom. The molecule has 0 radical (unpaired) electrons. The third kappa shape index (κ3) is 3.84. The first-order valence-corrected chi connectivity index (χ1v) is 6.76. The lowest BCUT2D eigenvalue weighted by atomic mass is 10.9. The summed E-state index contributed by atoms with van der Waals surface area (Å²) in [6.07, 6.45) is 1.71. The molecule has 0 aromatic rings. The van der Waals surface area contributed by atoms with Gasteiger partial charge in [-0.25, -0.2) is 0 Å². The molecule has 0 aliphatic heterocycles. The highest BCUT2D eigenvalue weighted by Gasteiger charge is 2.12. The first-order valence-electron chi connectivity index (χ1n) is 2.15. The maximum absolute atomic E-state index is 10.8. The van der Waals surface area contributed by atoms with Crippen molar-refractivity contribution in [2.75, 3.05) is 12.9 Å². The minimum Gasteiger partial charge on any atom is -0.314 e. The molecule has 1 atom stereocenters. The number of hydrogen-bond donors (Lipinski definition) is 1. The number of hydrogen-bond acceptors (Lipinski definition) is 3. The Kier molecular flexibility index (Phi) is 4.26. The fraction of sp³-hybridized carbons (Fsp3) is 1.00. The molecule has 5 heteroatoms. The highest BCUT2D eigenvalue weighted by atomic mass is 33.1. The number of thiol groups is 1. The smallest absolute Gasteiger partial charge is 0.309 e. The van der Waals surface area contributed by atoms with Crippen molar-refractivity contribution in [3.63, 3.8) is 0 Å². The zero-order valence-corrected chi connectivity index (χ0v) is 7.43. The third-order valence-corrected chi connectivity index (χ3v) is 5.09. The maximum Gasteiger partial charge on any atom is 0.309 e. The second kappa shape index (κ2) is 3.83. The van der Waals surface area contributed by atoms with Gasteiger partial charge in [0.05, 0.1) is 6.61 Å². The van der Waals surface area contributed by atoms with Gasteiger partial charge in [-0.1, -0.05) is 23.6 Å². The predicted molar refractivity (Wildman–Crippen MR) is 41.7 cm³/mol. The van der Waals surface area contributed by atoms with Gasteiger partial charge in [0.25, 0.3) is 0 Å². The van der Waals surface area contributed by atoms with Gasteiger partial charge in [0.2, 0.25) is 0 Å². The van der Waals surface area contributed by atoms with Crippen molar-refractivity contribution in [2.24, 2.45) is 0 Å². The molecule has 0 bridgehead atoms. The summed E-state index contributed by atoms with van der Waals surface area (Å²) in [5, 5.41) is 0. The third-order valence-electron chi connectivity index (χ3n) is 0.523. The van der Waals surface area contributed by atoms with Crippen LogP contribution in [0.25, 0.3) is 0 Å². The van der Waals surface area contributed by atoms with Crippen molar-refractivity contribution in [1.29, 1.82) is 0 Å². The standard InChI is InChI=1S/C3H9O2PS2/c1-3-5-6(4,7)8-2/h3H2,1-2H3,(H,4,7). The minimum atomic E-state index is -2.56. The quantitative estimate of drug-likeness (QED) is 0.523. The minimum absolute atomic E-state index is 0.460. The van der Waals surface area contributed by atoms with Crippen molar-refractivity contribution >= 4 is 29.4 Å². The molecule has 0 aliphatic rings. The van der Waals surface area contributed by atoms with E-state index in [0.29, 0.717) is 6.61 Å². The number of rotatable bonds is 3. The van der Waals surface area contributed by atoms with Crippen LogP contribution in [0, 0.1) is 0 Å². The van der Waals surface area contributed by atoms with Crippen LogP contribution in [0.1, 0.15) is 6.92 Å². The molecule has 0 saturated heterocycles. The van der Waals surface area contributed by atoms with Crippen LogP contribution in [0.2, 0.25) is 0 Å². The molecule has 0 N–H and O–H groups in total. The zero-order chi connectivity index (χ0) is 6.62. The predicted octanol–water partition coefficient (Wildman–Crippen LogP) is 2.42. The first kappa shape index (κ1) is 8.89. The van der Waals surface area contributed by atoms with Gasteiger partial charge in [-0.15, -0.1) is 0 Å². The Bertz CT molecular complexity index is 105. The Labute approximate surface area is 58.7 Å². The Balaban J connectivity index is 3.55. The Morgan fingerprint density at radius 1 is 1.88 bits per heavy atom. The van der Waals surface area contributed by atoms with Gasteiger partial charge < -0.3 is 4.52 Å². The van der Waals surface area contributed by atoms with Crippen molar-refractivity contribution in [3.05, 3.63) is 0 Å². The molecule has 8 heavy (non-hydrogen) atoms. The normalized spacial score (nSPS) is 17.9. The summed E-state index contributed by atoms with van der Waals surface area (Å²) in [4.78, 5) is 0. The molecule has 0 aromatic carbocycles. The summed E-state index contributed by atoms with van der Waals surface area (Å²) in [6.45, 7) is 2.25. The molecule has 0 heterocycles. The molecular weight excluding hydrogens is 163 g/mol. The molecular formula is C3H9O2PS2. The van der Waals surface area contributed by atoms with Crippen LogP contribution >= 0.6 is 29.4 Å². The zero-order valence-electron chi connectivity index (χ0n) is 4.83. The van der Waals surface area contributed by atoms with Gasteiger partial charge in [0.1, 0.15) is 0 Å². The lowest BCUT2D eigenvalue weighted by Gasteiger charge is -2.05. The average molecular weight is 172 g/mol. The molecule has 0 amide bonds. The van der Waals surface area contributed by atoms with Gasteiger partial charge in [0.15, 0.2) is 0 Å². The molecule has 0 aliphatic carbocycles. The van der Waals surface area contributed by atoms with Gasteiger partial charge >= 0.3 is 5.77 Å². The van der Waals surface area contributed by atoms with Crippen LogP contribution in [0.15, 0.2) is 0 Å². The van der Waals surface area contributed by atoms with E-state index >= 15 is 0 Å². The molecule has 0 fully saturated rings. The fourth-order valence-electron chi connectivity index (χ4n) is 0.216. The van der Waals surface area contributed by atoms with Crippen LogP contribution in [-0.2, 0) is 9.09 Å². The monoisotopic (exact) mass is 172 g/mol. The van der Waals surface area contributed by atoms with Crippen LogP contribution < -0.4 is 0 Å². The van der Waals surface area contributed by atoms with Crippen LogP contribution in [0.3, 0.4) is 0 Å². The van der Waals surface area contributed by atoms with Crippen LogP contribution in [0.4, 0.5) is 0 Å². The van der Waals surface area contributed by atoms with E-state index in [4.69, 9.17) is 4.52 Å². The topological polar surface area (TPSA) is 26.3 Å². The largest absolute Gasteiger partial charge is 0.314 e. The van der Waals surface area contributed by atoms with E-state index in [1.54, 1.807) is 13.2 Å². The van der Waals surface area contributed by atoms with Crippen molar-refractivity contribution in [2.45, 2.75) is 6.92 Å². The maximum atomic E-state index is 10.8. The molecule has 0 rings (SSSR count). The summed E-state index contributed by atoms with van der Waals surface area (Å²) >= 11 is 4.91. The lowest BCUT2D eigenvalue weighted by molar-refractivity contribution is 0.358. The summed E-state index contributed by atoms with van der Waals surface area (Å²) in [5.74, 6) is -2.56. The molecule has 0 saturated carbocycles. The summed E-state index contributed by atoms with van der Waals surface area (Å²) < 4.78 is 15.5. The van der Waals surface area contributed by atoms with Crippen molar-refractivity contribution in [3.8, 4) is 0 Å². The molecule has 2 nitrogen and oxygen atoms in total. The van der Waals surface area contributed by atoms with Crippen molar-refractivity contribution in [1.82, 2.24) is 0 Å². The second-order valence-corrected chi connectivity index (χ2v) is 7.56. The Morgan fingerprint density at radius 3 is 2.50 bits per heavy atom. The lowest BCUT2D eigenvalue weighted by Crippen LogP contribution is -1.77. The van der Waals surface area contributed by atoms with Gasteiger partial charge in [-0.2, -0.15) is 0 Å². The van der Waals surface area contributed by atoms with E-state index in [1.807, 2.05) is 0 Å². The summed E-state index contributed by atoms with van der Waals surface area (Å²) in [7, 11) is 0. The molecule has 0 aromatic heterocycles. The molecule has 0 spiro atoms. The van der Waals surface area contributed by atoms with E-state index in [1.165, 1.54) is 0 Å². The van der Waals surface area contributed by atoms with Crippen molar-refractivity contribution < 1.29 is 9.09 Å². The molecule has 1 unspecified atom stereocenters. The van der Waals surface area contributed by atoms with E-state index in [-0.39, 0.29) is 0 Å². The van der Waals surface area contributed by atoms with E-state index in [0.717, 1.165) is 11.4 Å². The van der Waals surface area contributed by atoms with Crippen LogP contribution in [-0.4, -0.2) is 12.9 Å². The second-order valence-electron chi connectivity index (χ2n) is 1.07. The highest BCUT2D eigenvalue weighted by molar-refractivity contribution is 8.84. The van der Waals surface area contributed by atoms with E-state index < -0.39 is 5.77 Å². The summed E-state index contributed by atoms with van der Waals surface area (Å²) in [6, 6.07) is 0.